The highest BCUT2D eigenvalue weighted by Gasteiger charge is 2.13. The Bertz CT molecular complexity index is 722. The molecule has 2 aromatic carbocycles. The highest BCUT2D eigenvalue weighted by molar-refractivity contribution is 5.91. The molecule has 0 fully saturated rings. The van der Waals surface area contributed by atoms with E-state index in [0.717, 1.165) is 5.69 Å². The molecule has 2 aromatic rings. The summed E-state index contributed by atoms with van der Waals surface area (Å²) >= 11 is 0. The lowest BCUT2D eigenvalue weighted by atomic mass is 9.87. The lowest BCUT2D eigenvalue weighted by molar-refractivity contribution is -0.118. The first-order chi connectivity index (χ1) is 10.9. The van der Waals surface area contributed by atoms with Crippen molar-refractivity contribution in [1.82, 2.24) is 0 Å². The molecule has 0 saturated carbocycles. The summed E-state index contributed by atoms with van der Waals surface area (Å²) in [5, 5.41) is 11.8. The number of hydrogen-bond donors (Lipinski definition) is 1. The molecule has 0 unspecified atom stereocenters. The third kappa shape index (κ3) is 4.58. The smallest absolute Gasteiger partial charge is 0.262 e. The molecule has 4 nitrogen and oxygen atoms in total. The molecule has 0 aliphatic carbocycles. The van der Waals surface area contributed by atoms with Crippen LogP contribution in [0.5, 0.6) is 5.75 Å². The minimum absolute atomic E-state index is 0.0760. The summed E-state index contributed by atoms with van der Waals surface area (Å²) in [6, 6.07) is 16.6. The maximum atomic E-state index is 11.9. The number of nitriles is 1. The maximum Gasteiger partial charge on any atom is 0.262 e. The summed E-state index contributed by atoms with van der Waals surface area (Å²) in [5.74, 6) is 0.148. The van der Waals surface area contributed by atoms with Crippen LogP contribution in [0.4, 0.5) is 5.69 Å². The zero-order chi connectivity index (χ0) is 16.9. The van der Waals surface area contributed by atoms with Gasteiger partial charge in [0.25, 0.3) is 5.91 Å². The Kier molecular flexibility index (Phi) is 5.02. The molecular weight excluding hydrogens is 288 g/mol. The summed E-state index contributed by atoms with van der Waals surface area (Å²) in [7, 11) is 0. The van der Waals surface area contributed by atoms with Crippen LogP contribution in [0.25, 0.3) is 0 Å². The van der Waals surface area contributed by atoms with E-state index >= 15 is 0 Å². The van der Waals surface area contributed by atoms with Crippen molar-refractivity contribution >= 4 is 11.6 Å². The van der Waals surface area contributed by atoms with Crippen LogP contribution in [0, 0.1) is 11.3 Å². The van der Waals surface area contributed by atoms with E-state index in [-0.39, 0.29) is 17.9 Å². The van der Waals surface area contributed by atoms with Crippen molar-refractivity contribution < 1.29 is 9.53 Å². The molecule has 0 spiro atoms. The zero-order valence-corrected chi connectivity index (χ0v) is 13.6. The van der Waals surface area contributed by atoms with E-state index < -0.39 is 0 Å². The van der Waals surface area contributed by atoms with Gasteiger partial charge in [0.1, 0.15) is 11.8 Å². The van der Waals surface area contributed by atoms with Crippen LogP contribution in [-0.4, -0.2) is 12.5 Å². The molecule has 1 amide bonds. The molecule has 0 aromatic heterocycles. The molecule has 0 saturated heterocycles. The highest BCUT2D eigenvalue weighted by Crippen LogP contribution is 2.23. The van der Waals surface area contributed by atoms with Crippen molar-refractivity contribution in [1.29, 1.82) is 5.26 Å². The molecule has 23 heavy (non-hydrogen) atoms. The second-order valence-corrected chi connectivity index (χ2v) is 6.27. The fraction of sp³-hybridized carbons (Fsp3) is 0.263. The average molecular weight is 308 g/mol. The number of anilines is 1. The average Bonchev–Trinajstić information content (AvgIpc) is 2.53. The Balaban J connectivity index is 1.94. The quantitative estimate of drug-likeness (QED) is 0.932. The van der Waals surface area contributed by atoms with Gasteiger partial charge in [0.15, 0.2) is 6.61 Å². The normalized spacial score (nSPS) is 10.7. The molecule has 2 rings (SSSR count). The predicted octanol–water partition coefficient (Wildman–Crippen LogP) is 3.87. The fourth-order valence-electron chi connectivity index (χ4n) is 2.08. The van der Waals surface area contributed by atoms with Gasteiger partial charge in [-0.15, -0.1) is 0 Å². The van der Waals surface area contributed by atoms with Gasteiger partial charge in [0, 0.05) is 5.69 Å². The Hall–Kier alpha value is -2.80. The topological polar surface area (TPSA) is 62.1 Å². The van der Waals surface area contributed by atoms with E-state index in [1.54, 1.807) is 24.3 Å². The number of nitrogens with one attached hydrogen (secondary N) is 1. The molecule has 1 N–H and O–H groups in total. The second kappa shape index (κ2) is 6.97. The monoisotopic (exact) mass is 308 g/mol. The van der Waals surface area contributed by atoms with Crippen LogP contribution in [0.3, 0.4) is 0 Å². The Labute approximate surface area is 136 Å². The fourth-order valence-corrected chi connectivity index (χ4v) is 2.08. The minimum atomic E-state index is -0.263. The summed E-state index contributed by atoms with van der Waals surface area (Å²) < 4.78 is 5.41. The first-order valence-electron chi connectivity index (χ1n) is 7.42. The number of para-hydroxylation sites is 1. The van der Waals surface area contributed by atoms with Crippen LogP contribution in [0.1, 0.15) is 31.9 Å². The first kappa shape index (κ1) is 16.6. The second-order valence-electron chi connectivity index (χ2n) is 6.27. The van der Waals surface area contributed by atoms with Crippen LogP contribution in [0.15, 0.2) is 48.5 Å². The number of ether oxygens (including phenoxy) is 1. The van der Waals surface area contributed by atoms with Gasteiger partial charge in [-0.2, -0.15) is 5.26 Å². The van der Waals surface area contributed by atoms with Gasteiger partial charge < -0.3 is 10.1 Å². The summed E-state index contributed by atoms with van der Waals surface area (Å²) in [6.45, 7) is 6.28. The minimum Gasteiger partial charge on any atom is -0.482 e. The third-order valence-electron chi connectivity index (χ3n) is 3.40. The number of nitrogens with zero attached hydrogens (tertiary/aromatic N) is 1. The zero-order valence-electron chi connectivity index (χ0n) is 13.6. The molecule has 0 radical (unpaired) electrons. The Morgan fingerprint density at radius 1 is 1.13 bits per heavy atom. The molecule has 118 valence electrons. The van der Waals surface area contributed by atoms with Crippen molar-refractivity contribution in [2.45, 2.75) is 26.2 Å². The van der Waals surface area contributed by atoms with E-state index in [4.69, 9.17) is 10.00 Å². The number of carbonyl (C=O) groups is 1. The van der Waals surface area contributed by atoms with Gasteiger partial charge in [-0.05, 0) is 35.2 Å². The number of rotatable bonds is 4. The van der Waals surface area contributed by atoms with E-state index in [1.807, 2.05) is 30.3 Å². The highest BCUT2D eigenvalue weighted by atomic mass is 16.5. The molecule has 0 bridgehead atoms. The van der Waals surface area contributed by atoms with E-state index in [9.17, 15) is 4.79 Å². The van der Waals surface area contributed by atoms with Gasteiger partial charge in [-0.3, -0.25) is 4.79 Å². The first-order valence-corrected chi connectivity index (χ1v) is 7.42. The van der Waals surface area contributed by atoms with Gasteiger partial charge in [-0.1, -0.05) is 45.0 Å². The van der Waals surface area contributed by atoms with Crippen molar-refractivity contribution in [3.05, 3.63) is 59.7 Å². The number of amides is 1. The third-order valence-corrected chi connectivity index (χ3v) is 3.40. The van der Waals surface area contributed by atoms with Gasteiger partial charge >= 0.3 is 0 Å². The van der Waals surface area contributed by atoms with E-state index in [1.165, 1.54) is 5.56 Å². The summed E-state index contributed by atoms with van der Waals surface area (Å²) in [5.41, 5.74) is 2.41. The summed E-state index contributed by atoms with van der Waals surface area (Å²) in [4.78, 5) is 11.9. The van der Waals surface area contributed by atoms with Crippen molar-refractivity contribution in [3.8, 4) is 11.8 Å². The van der Waals surface area contributed by atoms with Crippen molar-refractivity contribution in [2.24, 2.45) is 0 Å². The molecule has 4 heteroatoms. The van der Waals surface area contributed by atoms with E-state index in [2.05, 4.69) is 26.1 Å². The maximum absolute atomic E-state index is 11.9. The Morgan fingerprint density at radius 2 is 1.78 bits per heavy atom. The van der Waals surface area contributed by atoms with E-state index in [0.29, 0.717) is 11.3 Å². The number of benzene rings is 2. The predicted molar refractivity (Wildman–Crippen MR) is 90.4 cm³/mol. The van der Waals surface area contributed by atoms with Gasteiger partial charge in [0.2, 0.25) is 0 Å². The molecular formula is C19H20N2O2. The van der Waals surface area contributed by atoms with Gasteiger partial charge in [-0.25, -0.2) is 0 Å². The Morgan fingerprint density at radius 3 is 2.39 bits per heavy atom. The molecule has 0 aliphatic heterocycles. The largest absolute Gasteiger partial charge is 0.482 e. The van der Waals surface area contributed by atoms with Crippen LogP contribution >= 0.6 is 0 Å². The van der Waals surface area contributed by atoms with Crippen LogP contribution in [-0.2, 0) is 10.2 Å². The van der Waals surface area contributed by atoms with Crippen molar-refractivity contribution in [3.63, 3.8) is 0 Å². The van der Waals surface area contributed by atoms with Crippen LogP contribution in [0.2, 0.25) is 0 Å². The molecule has 0 atom stereocenters. The van der Waals surface area contributed by atoms with Gasteiger partial charge in [0.05, 0.1) is 5.56 Å². The lowest BCUT2D eigenvalue weighted by Crippen LogP contribution is -2.20. The number of carbonyl (C=O) groups excluding carboxylic acids is 1. The lowest BCUT2D eigenvalue weighted by Gasteiger charge is -2.19. The van der Waals surface area contributed by atoms with Crippen LogP contribution < -0.4 is 10.1 Å². The summed E-state index contributed by atoms with van der Waals surface area (Å²) in [6.07, 6.45) is 0. The number of hydrogen-bond acceptors (Lipinski definition) is 3. The SMILES string of the molecule is CC(C)(C)c1ccc(NC(=O)COc2ccccc2C#N)cc1. The molecule has 0 aliphatic rings. The standard InChI is InChI=1S/C19H20N2O2/c1-19(2,3)15-8-10-16(11-9-15)21-18(22)13-23-17-7-5-4-6-14(17)12-20/h4-11H,13H2,1-3H3,(H,21,22). The van der Waals surface area contributed by atoms with Crippen molar-refractivity contribution in [2.75, 3.05) is 11.9 Å². The molecule has 0 heterocycles.